The maximum Gasteiger partial charge on any atom is 0.182 e. The molecule has 0 aliphatic carbocycles. The predicted octanol–water partition coefficient (Wildman–Crippen LogP) is 5.11. The van der Waals surface area contributed by atoms with Crippen molar-refractivity contribution in [2.75, 3.05) is 7.11 Å². The third-order valence-electron chi connectivity index (χ3n) is 3.04. The van der Waals surface area contributed by atoms with Gasteiger partial charge in [-0.3, -0.25) is 4.57 Å². The number of methoxy groups -OCH3 is 1. The number of imidazole rings is 1. The molecule has 0 aliphatic rings. The standard InChI is InChI=1S/C14H10BrClN2OS/c1-19-13-5-3-9(7-10(13)16)18-12-6-8(15)2-4-11(12)17-14(18)20/h2-7H,1H3,(H,17,20). The highest BCUT2D eigenvalue weighted by Crippen LogP contribution is 2.29. The number of fused-ring (bicyclic) bond motifs is 1. The first kappa shape index (κ1) is 13.7. The molecule has 102 valence electrons. The average molecular weight is 370 g/mol. The van der Waals surface area contributed by atoms with E-state index in [1.54, 1.807) is 7.11 Å². The van der Waals surface area contributed by atoms with E-state index in [1.165, 1.54) is 0 Å². The van der Waals surface area contributed by atoms with Gasteiger partial charge in [-0.1, -0.05) is 27.5 Å². The number of rotatable bonds is 2. The lowest BCUT2D eigenvalue weighted by Crippen LogP contribution is -1.95. The number of hydrogen-bond donors (Lipinski definition) is 1. The predicted molar refractivity (Wildman–Crippen MR) is 87.7 cm³/mol. The van der Waals surface area contributed by atoms with Gasteiger partial charge in [0.25, 0.3) is 0 Å². The van der Waals surface area contributed by atoms with Crippen LogP contribution in [0.5, 0.6) is 5.75 Å². The van der Waals surface area contributed by atoms with Gasteiger partial charge in [0.1, 0.15) is 5.75 Å². The number of aromatic amines is 1. The second-order valence-corrected chi connectivity index (χ2v) is 5.96. The molecule has 0 amide bonds. The highest BCUT2D eigenvalue weighted by atomic mass is 79.9. The Labute approximate surface area is 134 Å². The largest absolute Gasteiger partial charge is 0.495 e. The van der Waals surface area contributed by atoms with Gasteiger partial charge in [0, 0.05) is 4.47 Å². The molecule has 20 heavy (non-hydrogen) atoms. The summed E-state index contributed by atoms with van der Waals surface area (Å²) in [7, 11) is 1.59. The van der Waals surface area contributed by atoms with E-state index in [1.807, 2.05) is 41.0 Å². The third-order valence-corrected chi connectivity index (χ3v) is 4.11. The van der Waals surface area contributed by atoms with Gasteiger partial charge in [-0.25, -0.2) is 0 Å². The van der Waals surface area contributed by atoms with Crippen LogP contribution in [0.15, 0.2) is 40.9 Å². The number of nitrogens with zero attached hydrogens (tertiary/aromatic N) is 1. The summed E-state index contributed by atoms with van der Waals surface area (Å²) in [4.78, 5) is 3.18. The van der Waals surface area contributed by atoms with Gasteiger partial charge in [-0.05, 0) is 48.6 Å². The van der Waals surface area contributed by atoms with E-state index < -0.39 is 0 Å². The fourth-order valence-corrected chi connectivity index (χ4v) is 3.04. The summed E-state index contributed by atoms with van der Waals surface area (Å²) in [6.07, 6.45) is 0. The van der Waals surface area contributed by atoms with Crippen molar-refractivity contribution in [1.82, 2.24) is 9.55 Å². The minimum Gasteiger partial charge on any atom is -0.495 e. The van der Waals surface area contributed by atoms with Crippen molar-refractivity contribution in [3.05, 3.63) is 50.7 Å². The number of ether oxygens (including phenoxy) is 1. The van der Waals surface area contributed by atoms with E-state index in [2.05, 4.69) is 20.9 Å². The van der Waals surface area contributed by atoms with Crippen LogP contribution >= 0.6 is 39.7 Å². The molecule has 0 saturated carbocycles. The molecule has 0 atom stereocenters. The molecule has 3 aromatic rings. The van der Waals surface area contributed by atoms with Crippen LogP contribution in [0.3, 0.4) is 0 Å². The summed E-state index contributed by atoms with van der Waals surface area (Å²) in [6, 6.07) is 11.6. The lowest BCUT2D eigenvalue weighted by atomic mass is 10.2. The number of halogens is 2. The van der Waals surface area contributed by atoms with Crippen molar-refractivity contribution in [2.45, 2.75) is 0 Å². The Morgan fingerprint density at radius 1 is 1.25 bits per heavy atom. The topological polar surface area (TPSA) is 29.9 Å². The molecular formula is C14H10BrClN2OS. The Morgan fingerprint density at radius 3 is 2.75 bits per heavy atom. The average Bonchev–Trinajstić information content (AvgIpc) is 2.74. The summed E-state index contributed by atoms with van der Waals surface area (Å²) in [5, 5.41) is 0.552. The normalized spacial score (nSPS) is 10.9. The number of hydrogen-bond acceptors (Lipinski definition) is 2. The fourth-order valence-electron chi connectivity index (χ4n) is 2.13. The lowest BCUT2D eigenvalue weighted by Gasteiger charge is -2.08. The van der Waals surface area contributed by atoms with Crippen LogP contribution in [-0.4, -0.2) is 16.7 Å². The molecule has 1 aromatic heterocycles. The summed E-state index contributed by atoms with van der Waals surface area (Å²) in [6.45, 7) is 0. The molecule has 0 aliphatic heterocycles. The fraction of sp³-hybridized carbons (Fsp3) is 0.0714. The smallest absolute Gasteiger partial charge is 0.182 e. The minimum atomic E-state index is 0.552. The molecule has 0 unspecified atom stereocenters. The van der Waals surface area contributed by atoms with Crippen LogP contribution in [0, 0.1) is 4.77 Å². The summed E-state index contributed by atoms with van der Waals surface area (Å²) < 4.78 is 8.73. The van der Waals surface area contributed by atoms with E-state index in [9.17, 15) is 0 Å². The van der Waals surface area contributed by atoms with Gasteiger partial charge < -0.3 is 9.72 Å². The molecule has 3 nitrogen and oxygen atoms in total. The van der Waals surface area contributed by atoms with Crippen molar-refractivity contribution < 1.29 is 4.74 Å². The van der Waals surface area contributed by atoms with Crippen LogP contribution in [0.4, 0.5) is 0 Å². The quantitative estimate of drug-likeness (QED) is 0.636. The second-order valence-electron chi connectivity index (χ2n) is 4.25. The maximum atomic E-state index is 6.19. The van der Waals surface area contributed by atoms with Crippen LogP contribution in [0.25, 0.3) is 16.7 Å². The van der Waals surface area contributed by atoms with Crippen molar-refractivity contribution in [2.24, 2.45) is 0 Å². The molecule has 1 N–H and O–H groups in total. The zero-order valence-electron chi connectivity index (χ0n) is 10.5. The molecule has 0 spiro atoms. The van der Waals surface area contributed by atoms with Crippen molar-refractivity contribution in [3.8, 4) is 11.4 Å². The molecular weight excluding hydrogens is 360 g/mol. The van der Waals surface area contributed by atoms with Gasteiger partial charge >= 0.3 is 0 Å². The zero-order valence-corrected chi connectivity index (χ0v) is 13.6. The molecule has 1 heterocycles. The number of aromatic nitrogens is 2. The molecule has 0 bridgehead atoms. The van der Waals surface area contributed by atoms with Gasteiger partial charge in [0.2, 0.25) is 0 Å². The minimum absolute atomic E-state index is 0.552. The lowest BCUT2D eigenvalue weighted by molar-refractivity contribution is 0.415. The van der Waals surface area contributed by atoms with E-state index in [0.29, 0.717) is 15.5 Å². The highest BCUT2D eigenvalue weighted by Gasteiger charge is 2.09. The van der Waals surface area contributed by atoms with Crippen LogP contribution in [0.1, 0.15) is 0 Å². The molecule has 2 aromatic carbocycles. The molecule has 6 heteroatoms. The van der Waals surface area contributed by atoms with E-state index >= 15 is 0 Å². The Hall–Kier alpha value is -1.30. The van der Waals surface area contributed by atoms with Crippen LogP contribution < -0.4 is 4.74 Å². The Balaban J connectivity index is 2.28. The third kappa shape index (κ3) is 2.26. The van der Waals surface area contributed by atoms with Gasteiger partial charge in [-0.15, -0.1) is 0 Å². The number of nitrogens with one attached hydrogen (secondary N) is 1. The summed E-state index contributed by atoms with van der Waals surface area (Å²) in [5.41, 5.74) is 2.86. The molecule has 0 fully saturated rings. The first-order valence-electron chi connectivity index (χ1n) is 5.84. The Kier molecular flexibility index (Phi) is 3.58. The van der Waals surface area contributed by atoms with E-state index in [-0.39, 0.29) is 0 Å². The van der Waals surface area contributed by atoms with E-state index in [0.717, 1.165) is 21.2 Å². The second kappa shape index (κ2) is 5.24. The number of benzene rings is 2. The van der Waals surface area contributed by atoms with Gasteiger partial charge in [-0.2, -0.15) is 0 Å². The van der Waals surface area contributed by atoms with Crippen molar-refractivity contribution in [1.29, 1.82) is 0 Å². The molecule has 3 rings (SSSR count). The maximum absolute atomic E-state index is 6.19. The summed E-state index contributed by atoms with van der Waals surface area (Å²) in [5.74, 6) is 0.642. The van der Waals surface area contributed by atoms with Gasteiger partial charge in [0.05, 0.1) is 28.9 Å². The van der Waals surface area contributed by atoms with Crippen molar-refractivity contribution in [3.63, 3.8) is 0 Å². The molecule has 0 saturated heterocycles. The van der Waals surface area contributed by atoms with E-state index in [4.69, 9.17) is 28.6 Å². The van der Waals surface area contributed by atoms with Gasteiger partial charge in [0.15, 0.2) is 4.77 Å². The number of H-pyrrole nitrogens is 1. The summed E-state index contributed by atoms with van der Waals surface area (Å²) >= 11 is 15.1. The molecule has 0 radical (unpaired) electrons. The highest BCUT2D eigenvalue weighted by molar-refractivity contribution is 9.10. The monoisotopic (exact) mass is 368 g/mol. The SMILES string of the molecule is COc1ccc(-n2c(=S)[nH]c3ccc(Br)cc32)cc1Cl. The first-order valence-corrected chi connectivity index (χ1v) is 7.42. The Bertz CT molecular complexity index is 856. The first-order chi connectivity index (χ1) is 9.60. The van der Waals surface area contributed by atoms with Crippen LogP contribution in [0.2, 0.25) is 5.02 Å². The zero-order chi connectivity index (χ0) is 14.3. The van der Waals surface area contributed by atoms with Crippen molar-refractivity contribution >= 4 is 50.8 Å². The van der Waals surface area contributed by atoms with Crippen LogP contribution in [-0.2, 0) is 0 Å². The Morgan fingerprint density at radius 2 is 2.05 bits per heavy atom.